The van der Waals surface area contributed by atoms with Crippen molar-refractivity contribution in [3.8, 4) is 0 Å². The number of hydrogen-bond donors (Lipinski definition) is 1. The molecule has 1 saturated heterocycles. The number of nitrogens with one attached hydrogen (secondary N) is 1. The molecular formula is C18H20N8. The lowest BCUT2D eigenvalue weighted by Crippen LogP contribution is -2.47. The standard InChI is InChI=1S/C18H20N8/c1-3-15(13-19-5-1)14-23-17-20-8-4-16(24-17)25-9-11-26(12-10-25)18-21-6-2-7-22-18/h1-8,13H,9-12,14H2,(H,20,23,24). The lowest BCUT2D eigenvalue weighted by Gasteiger charge is -2.35. The summed E-state index contributed by atoms with van der Waals surface area (Å²) in [4.78, 5) is 26.2. The van der Waals surface area contributed by atoms with Gasteiger partial charge in [0.1, 0.15) is 5.82 Å². The first-order chi connectivity index (χ1) is 12.9. The molecule has 132 valence electrons. The zero-order valence-corrected chi connectivity index (χ0v) is 14.4. The highest BCUT2D eigenvalue weighted by Crippen LogP contribution is 2.17. The minimum absolute atomic E-state index is 0.625. The van der Waals surface area contributed by atoms with Gasteiger partial charge in [0.25, 0.3) is 0 Å². The number of pyridine rings is 1. The average molecular weight is 348 g/mol. The molecule has 0 aliphatic carbocycles. The van der Waals surface area contributed by atoms with Gasteiger partial charge in [-0.15, -0.1) is 0 Å². The maximum atomic E-state index is 4.64. The van der Waals surface area contributed by atoms with Crippen LogP contribution in [0.15, 0.2) is 55.2 Å². The molecule has 0 bridgehead atoms. The zero-order valence-electron chi connectivity index (χ0n) is 14.4. The van der Waals surface area contributed by atoms with Crippen LogP contribution in [0.2, 0.25) is 0 Å². The molecular weight excluding hydrogens is 328 g/mol. The van der Waals surface area contributed by atoms with E-state index >= 15 is 0 Å². The second-order valence-electron chi connectivity index (χ2n) is 5.98. The lowest BCUT2D eigenvalue weighted by molar-refractivity contribution is 0.634. The fourth-order valence-corrected chi connectivity index (χ4v) is 2.88. The quantitative estimate of drug-likeness (QED) is 0.744. The highest BCUT2D eigenvalue weighted by atomic mass is 15.3. The predicted octanol–water partition coefficient (Wildman–Crippen LogP) is 1.60. The molecule has 1 fully saturated rings. The van der Waals surface area contributed by atoms with Gasteiger partial charge in [0.05, 0.1) is 0 Å². The molecule has 4 heterocycles. The molecule has 26 heavy (non-hydrogen) atoms. The van der Waals surface area contributed by atoms with E-state index < -0.39 is 0 Å². The first-order valence-corrected chi connectivity index (χ1v) is 8.61. The van der Waals surface area contributed by atoms with Crippen LogP contribution in [0.5, 0.6) is 0 Å². The van der Waals surface area contributed by atoms with E-state index in [1.807, 2.05) is 30.5 Å². The van der Waals surface area contributed by atoms with Crippen LogP contribution in [-0.2, 0) is 6.54 Å². The third kappa shape index (κ3) is 3.85. The monoisotopic (exact) mass is 348 g/mol. The van der Waals surface area contributed by atoms with Crippen molar-refractivity contribution in [3.05, 3.63) is 60.8 Å². The summed E-state index contributed by atoms with van der Waals surface area (Å²) in [5.41, 5.74) is 1.10. The topological polar surface area (TPSA) is 83.0 Å². The molecule has 8 heteroatoms. The second-order valence-corrected chi connectivity index (χ2v) is 5.98. The molecule has 0 aromatic carbocycles. The highest BCUT2D eigenvalue weighted by Gasteiger charge is 2.20. The Balaban J connectivity index is 1.36. The van der Waals surface area contributed by atoms with Gasteiger partial charge in [0.15, 0.2) is 0 Å². The minimum atomic E-state index is 0.625. The maximum Gasteiger partial charge on any atom is 0.225 e. The Labute approximate surface area is 152 Å². The van der Waals surface area contributed by atoms with Crippen molar-refractivity contribution in [2.45, 2.75) is 6.54 Å². The van der Waals surface area contributed by atoms with E-state index in [9.17, 15) is 0 Å². The van der Waals surface area contributed by atoms with Gasteiger partial charge in [-0.25, -0.2) is 15.0 Å². The van der Waals surface area contributed by atoms with Gasteiger partial charge >= 0.3 is 0 Å². The summed E-state index contributed by atoms with van der Waals surface area (Å²) in [7, 11) is 0. The van der Waals surface area contributed by atoms with Crippen LogP contribution in [0.1, 0.15) is 5.56 Å². The highest BCUT2D eigenvalue weighted by molar-refractivity contribution is 5.45. The summed E-state index contributed by atoms with van der Waals surface area (Å²) in [6.07, 6.45) is 8.95. The molecule has 3 aromatic heterocycles. The van der Waals surface area contributed by atoms with Crippen molar-refractivity contribution in [2.75, 3.05) is 41.3 Å². The molecule has 0 spiro atoms. The van der Waals surface area contributed by atoms with E-state index in [0.29, 0.717) is 12.5 Å². The third-order valence-corrected chi connectivity index (χ3v) is 4.25. The first kappa shape index (κ1) is 16.2. The van der Waals surface area contributed by atoms with Crippen molar-refractivity contribution in [3.63, 3.8) is 0 Å². The Kier molecular flexibility index (Phi) is 4.81. The molecule has 0 radical (unpaired) electrons. The van der Waals surface area contributed by atoms with Gasteiger partial charge in [-0.05, 0) is 23.8 Å². The Hall–Kier alpha value is -3.29. The van der Waals surface area contributed by atoms with Crippen molar-refractivity contribution in [2.24, 2.45) is 0 Å². The normalized spacial score (nSPS) is 14.3. The van der Waals surface area contributed by atoms with Crippen LogP contribution in [0.25, 0.3) is 0 Å². The van der Waals surface area contributed by atoms with Crippen LogP contribution in [0, 0.1) is 0 Å². The van der Waals surface area contributed by atoms with Gasteiger partial charge in [-0.2, -0.15) is 4.98 Å². The van der Waals surface area contributed by atoms with Crippen molar-refractivity contribution < 1.29 is 0 Å². The number of piperazine rings is 1. The zero-order chi connectivity index (χ0) is 17.6. The van der Waals surface area contributed by atoms with E-state index in [0.717, 1.165) is 43.5 Å². The fourth-order valence-electron chi connectivity index (χ4n) is 2.88. The Morgan fingerprint density at radius 3 is 2.42 bits per heavy atom. The molecule has 4 rings (SSSR count). The van der Waals surface area contributed by atoms with E-state index in [-0.39, 0.29) is 0 Å². The second kappa shape index (κ2) is 7.73. The molecule has 0 saturated carbocycles. The average Bonchev–Trinajstić information content (AvgIpc) is 2.74. The summed E-state index contributed by atoms with van der Waals surface area (Å²) >= 11 is 0. The smallest absolute Gasteiger partial charge is 0.225 e. The van der Waals surface area contributed by atoms with E-state index in [4.69, 9.17) is 0 Å². The summed E-state index contributed by atoms with van der Waals surface area (Å²) in [6, 6.07) is 7.73. The summed E-state index contributed by atoms with van der Waals surface area (Å²) in [6.45, 7) is 4.13. The van der Waals surface area contributed by atoms with Crippen LogP contribution in [0.3, 0.4) is 0 Å². The van der Waals surface area contributed by atoms with Crippen molar-refractivity contribution in [1.29, 1.82) is 0 Å². The van der Waals surface area contributed by atoms with Gasteiger partial charge in [0, 0.05) is 63.7 Å². The number of rotatable bonds is 5. The van der Waals surface area contributed by atoms with E-state index in [2.05, 4.69) is 40.0 Å². The molecule has 3 aromatic rings. The Bertz CT molecular complexity index is 819. The molecule has 0 unspecified atom stereocenters. The SMILES string of the molecule is c1cnc(N2CCN(c3ccnc(NCc4cccnc4)n3)CC2)nc1. The molecule has 0 amide bonds. The first-order valence-electron chi connectivity index (χ1n) is 8.61. The molecule has 8 nitrogen and oxygen atoms in total. The molecule has 1 aliphatic heterocycles. The Morgan fingerprint density at radius 1 is 0.846 bits per heavy atom. The van der Waals surface area contributed by atoms with Gasteiger partial charge in [0.2, 0.25) is 11.9 Å². The van der Waals surface area contributed by atoms with Gasteiger partial charge in [-0.1, -0.05) is 6.07 Å². The minimum Gasteiger partial charge on any atom is -0.353 e. The fraction of sp³-hybridized carbons (Fsp3) is 0.278. The van der Waals surface area contributed by atoms with Crippen molar-refractivity contribution in [1.82, 2.24) is 24.9 Å². The number of nitrogens with zero attached hydrogens (tertiary/aromatic N) is 7. The maximum absolute atomic E-state index is 4.64. The summed E-state index contributed by atoms with van der Waals surface area (Å²) in [5.74, 6) is 2.34. The third-order valence-electron chi connectivity index (χ3n) is 4.25. The number of hydrogen-bond acceptors (Lipinski definition) is 8. The van der Waals surface area contributed by atoms with E-state index in [1.165, 1.54) is 0 Å². The van der Waals surface area contributed by atoms with Crippen LogP contribution >= 0.6 is 0 Å². The van der Waals surface area contributed by atoms with Crippen LogP contribution < -0.4 is 15.1 Å². The lowest BCUT2D eigenvalue weighted by atomic mass is 10.3. The summed E-state index contributed by atoms with van der Waals surface area (Å²) in [5, 5.41) is 3.26. The van der Waals surface area contributed by atoms with Crippen molar-refractivity contribution >= 4 is 17.7 Å². The predicted molar refractivity (Wildman–Crippen MR) is 100 cm³/mol. The number of aromatic nitrogens is 5. The molecule has 1 aliphatic rings. The molecule has 0 atom stereocenters. The van der Waals surface area contributed by atoms with Crippen LogP contribution in [-0.4, -0.2) is 51.1 Å². The molecule has 1 N–H and O–H groups in total. The van der Waals surface area contributed by atoms with Gasteiger partial charge < -0.3 is 15.1 Å². The number of anilines is 3. The largest absolute Gasteiger partial charge is 0.353 e. The van der Waals surface area contributed by atoms with Gasteiger partial charge in [-0.3, -0.25) is 4.98 Å². The summed E-state index contributed by atoms with van der Waals surface area (Å²) < 4.78 is 0. The Morgan fingerprint density at radius 2 is 1.65 bits per heavy atom. The van der Waals surface area contributed by atoms with E-state index in [1.54, 1.807) is 24.8 Å². The van der Waals surface area contributed by atoms with Crippen LogP contribution in [0.4, 0.5) is 17.7 Å².